The molecule has 1 unspecified atom stereocenters. The van der Waals surface area contributed by atoms with Gasteiger partial charge < -0.3 is 14.7 Å². The fourth-order valence-electron chi connectivity index (χ4n) is 5.65. The van der Waals surface area contributed by atoms with Gasteiger partial charge in [-0.15, -0.1) is 0 Å². The maximum Gasteiger partial charge on any atom is 0.255 e. The first-order valence-corrected chi connectivity index (χ1v) is 11.9. The number of benzene rings is 1. The number of aliphatic hydroxyl groups excluding tert-OH is 1. The lowest BCUT2D eigenvalue weighted by molar-refractivity contribution is -0.136. The Kier molecular flexibility index (Phi) is 5.90. The molecule has 0 bridgehead atoms. The number of hydrogen-bond acceptors (Lipinski definition) is 6. The topological polar surface area (TPSA) is 99.2 Å². The van der Waals surface area contributed by atoms with E-state index in [1.807, 2.05) is 12.1 Å². The van der Waals surface area contributed by atoms with Gasteiger partial charge in [0.25, 0.3) is 5.91 Å². The fourth-order valence-corrected chi connectivity index (χ4v) is 5.65. The van der Waals surface area contributed by atoms with Gasteiger partial charge in [-0.05, 0) is 62.3 Å². The molecule has 3 aliphatic heterocycles. The van der Waals surface area contributed by atoms with Crippen LogP contribution in [0.25, 0.3) is 0 Å². The lowest BCUT2D eigenvalue weighted by Gasteiger charge is -2.42. The number of carbonyl (C=O) groups is 3. The van der Waals surface area contributed by atoms with Gasteiger partial charge in [0.15, 0.2) is 0 Å². The van der Waals surface area contributed by atoms with E-state index in [-0.39, 0.29) is 30.4 Å². The molecule has 5 rings (SSSR count). The van der Waals surface area contributed by atoms with Gasteiger partial charge in [0.1, 0.15) is 17.9 Å². The predicted molar refractivity (Wildman–Crippen MR) is 116 cm³/mol. The van der Waals surface area contributed by atoms with Crippen LogP contribution < -0.4 is 10.1 Å². The Morgan fingerprint density at radius 1 is 1.00 bits per heavy atom. The highest BCUT2D eigenvalue weighted by molar-refractivity contribution is 6.05. The van der Waals surface area contributed by atoms with Crippen LogP contribution in [0.5, 0.6) is 5.75 Å². The smallest absolute Gasteiger partial charge is 0.255 e. The van der Waals surface area contributed by atoms with Crippen molar-refractivity contribution in [3.05, 3.63) is 29.3 Å². The van der Waals surface area contributed by atoms with E-state index in [9.17, 15) is 19.5 Å². The number of aliphatic hydroxyl groups is 1. The van der Waals surface area contributed by atoms with Crippen LogP contribution >= 0.6 is 0 Å². The molecular formula is C24H31N3O5. The predicted octanol–water partition coefficient (Wildman–Crippen LogP) is 1.59. The molecule has 3 amide bonds. The van der Waals surface area contributed by atoms with E-state index in [0.29, 0.717) is 24.6 Å². The molecule has 3 atom stereocenters. The standard InChI is InChI=1S/C24H31N3O5/c28-16-9-11-26(12-10-16)19-3-1-2-4-21(19)32-17-5-6-18-15(13-17)14-27(24(18)31)20-7-8-22(29)25-23(20)30/h5-6,13,16,19-21,28H,1-4,7-12,14H2,(H,25,29,30)/t19-,20?,21+/m0/s1. The monoisotopic (exact) mass is 441 g/mol. The van der Waals surface area contributed by atoms with Gasteiger partial charge in [0, 0.05) is 37.7 Å². The molecule has 0 spiro atoms. The summed E-state index contributed by atoms with van der Waals surface area (Å²) in [5.74, 6) is -0.0778. The molecule has 1 aromatic rings. The number of piperidine rings is 2. The van der Waals surface area contributed by atoms with Crippen LogP contribution in [0.1, 0.15) is 67.3 Å². The Morgan fingerprint density at radius 3 is 2.56 bits per heavy atom. The fraction of sp³-hybridized carbons (Fsp3) is 0.625. The number of rotatable bonds is 4. The van der Waals surface area contributed by atoms with E-state index >= 15 is 0 Å². The summed E-state index contributed by atoms with van der Waals surface area (Å²) < 4.78 is 6.47. The number of hydrogen-bond donors (Lipinski definition) is 2. The van der Waals surface area contributed by atoms with Crippen molar-refractivity contribution in [3.63, 3.8) is 0 Å². The Labute approximate surface area is 187 Å². The van der Waals surface area contributed by atoms with Crippen LogP contribution in [0, 0.1) is 0 Å². The zero-order valence-electron chi connectivity index (χ0n) is 18.3. The zero-order chi connectivity index (χ0) is 22.2. The van der Waals surface area contributed by atoms with Crippen molar-refractivity contribution in [2.45, 2.75) is 82.2 Å². The highest BCUT2D eigenvalue weighted by atomic mass is 16.5. The van der Waals surface area contributed by atoms with Crippen molar-refractivity contribution in [3.8, 4) is 5.75 Å². The zero-order valence-corrected chi connectivity index (χ0v) is 18.3. The third kappa shape index (κ3) is 4.13. The third-order valence-corrected chi connectivity index (χ3v) is 7.42. The number of fused-ring (bicyclic) bond motifs is 1. The van der Waals surface area contributed by atoms with Crippen LogP contribution in [0.15, 0.2) is 18.2 Å². The van der Waals surface area contributed by atoms with Crippen LogP contribution in [0.2, 0.25) is 0 Å². The summed E-state index contributed by atoms with van der Waals surface area (Å²) in [6, 6.07) is 5.34. The van der Waals surface area contributed by atoms with Crippen molar-refractivity contribution in [2.24, 2.45) is 0 Å². The Morgan fingerprint density at radius 2 is 1.78 bits per heavy atom. The largest absolute Gasteiger partial charge is 0.489 e. The van der Waals surface area contributed by atoms with Gasteiger partial charge in [-0.1, -0.05) is 6.42 Å². The van der Waals surface area contributed by atoms with Gasteiger partial charge in [0.2, 0.25) is 11.8 Å². The first-order chi connectivity index (χ1) is 15.5. The normalized spacial score (nSPS) is 29.7. The Balaban J connectivity index is 1.28. The van der Waals surface area contributed by atoms with Crippen molar-refractivity contribution in [1.29, 1.82) is 0 Å². The molecule has 172 valence electrons. The Hall–Kier alpha value is -2.45. The molecule has 1 aromatic carbocycles. The highest BCUT2D eigenvalue weighted by Gasteiger charge is 2.39. The number of nitrogens with zero attached hydrogens (tertiary/aromatic N) is 2. The second-order valence-electron chi connectivity index (χ2n) is 9.49. The first kappa shape index (κ1) is 21.4. The van der Waals surface area contributed by atoms with Gasteiger partial charge in [-0.3, -0.25) is 24.6 Å². The molecule has 4 aliphatic rings. The summed E-state index contributed by atoms with van der Waals surface area (Å²) in [6.45, 7) is 2.17. The number of amides is 3. The first-order valence-electron chi connectivity index (χ1n) is 11.9. The lowest BCUT2D eigenvalue weighted by atomic mass is 9.89. The van der Waals surface area contributed by atoms with Gasteiger partial charge in [0.05, 0.1) is 6.10 Å². The summed E-state index contributed by atoms with van der Waals surface area (Å²) in [5.41, 5.74) is 1.47. The highest BCUT2D eigenvalue weighted by Crippen LogP contribution is 2.33. The average molecular weight is 442 g/mol. The number of carbonyl (C=O) groups excluding carboxylic acids is 3. The van der Waals surface area contributed by atoms with E-state index in [0.717, 1.165) is 56.5 Å². The van der Waals surface area contributed by atoms with Gasteiger partial charge in [-0.25, -0.2) is 0 Å². The van der Waals surface area contributed by atoms with E-state index in [1.165, 1.54) is 6.42 Å². The van der Waals surface area contributed by atoms with Crippen LogP contribution in [-0.4, -0.2) is 70.0 Å². The van der Waals surface area contributed by atoms with Crippen molar-refractivity contribution < 1.29 is 24.2 Å². The second kappa shape index (κ2) is 8.83. The molecule has 2 N–H and O–H groups in total. The van der Waals surface area contributed by atoms with Crippen LogP contribution in [0.3, 0.4) is 0 Å². The molecule has 32 heavy (non-hydrogen) atoms. The molecule has 0 aromatic heterocycles. The summed E-state index contributed by atoms with van der Waals surface area (Å²) in [6.07, 6.45) is 6.61. The van der Waals surface area contributed by atoms with E-state index in [4.69, 9.17) is 4.74 Å². The lowest BCUT2D eigenvalue weighted by Crippen LogP contribution is -2.52. The Bertz CT molecular complexity index is 911. The maximum absolute atomic E-state index is 12.9. The molecule has 1 aliphatic carbocycles. The van der Waals surface area contributed by atoms with Gasteiger partial charge >= 0.3 is 0 Å². The number of nitrogens with one attached hydrogen (secondary N) is 1. The van der Waals surface area contributed by atoms with Crippen LogP contribution in [-0.2, 0) is 16.1 Å². The molecule has 2 saturated heterocycles. The second-order valence-corrected chi connectivity index (χ2v) is 9.49. The molecule has 3 heterocycles. The number of imide groups is 1. The van der Waals surface area contributed by atoms with Crippen molar-refractivity contribution in [1.82, 2.24) is 15.1 Å². The molecule has 8 heteroatoms. The molecule has 3 fully saturated rings. The minimum absolute atomic E-state index is 0.0976. The van der Waals surface area contributed by atoms with E-state index < -0.39 is 11.9 Å². The number of likely N-dealkylation sites (tertiary alicyclic amines) is 1. The summed E-state index contributed by atoms with van der Waals surface area (Å²) in [5, 5.41) is 12.2. The summed E-state index contributed by atoms with van der Waals surface area (Å²) in [4.78, 5) is 40.7. The van der Waals surface area contributed by atoms with Crippen LogP contribution in [0.4, 0.5) is 0 Å². The minimum atomic E-state index is -0.603. The molecule has 1 saturated carbocycles. The van der Waals surface area contributed by atoms with Crippen molar-refractivity contribution >= 4 is 17.7 Å². The molecule has 0 radical (unpaired) electrons. The maximum atomic E-state index is 12.9. The van der Waals surface area contributed by atoms with Gasteiger partial charge in [-0.2, -0.15) is 0 Å². The average Bonchev–Trinajstić information content (AvgIpc) is 3.10. The quantitative estimate of drug-likeness (QED) is 0.689. The number of ether oxygens (including phenoxy) is 1. The minimum Gasteiger partial charge on any atom is -0.489 e. The SMILES string of the molecule is O=C1CCC(N2Cc3cc(O[C@@H]4CCCC[C@@H]4N4CCC(O)CC4)ccc3C2=O)C(=O)N1. The van der Waals surface area contributed by atoms with Crippen molar-refractivity contribution in [2.75, 3.05) is 13.1 Å². The summed E-state index contributed by atoms with van der Waals surface area (Å²) in [7, 11) is 0. The summed E-state index contributed by atoms with van der Waals surface area (Å²) >= 11 is 0. The van der Waals surface area contributed by atoms with E-state index in [1.54, 1.807) is 11.0 Å². The molecular weight excluding hydrogens is 410 g/mol. The third-order valence-electron chi connectivity index (χ3n) is 7.42. The molecule has 8 nitrogen and oxygen atoms in total. The van der Waals surface area contributed by atoms with E-state index in [2.05, 4.69) is 10.2 Å².